The molecule has 0 unspecified atom stereocenters. The molecule has 3 rings (SSSR count). The van der Waals surface area contributed by atoms with Gasteiger partial charge >= 0.3 is 13.7 Å². The Kier molecular flexibility index (Phi) is 3.09. The fourth-order valence-corrected chi connectivity index (χ4v) is 4.88. The van der Waals surface area contributed by atoms with Gasteiger partial charge in [0, 0.05) is 26.2 Å². The SMILES string of the molecule is O=C(O)N(Cc1ccccc1)P(=O)(N1CC1)N1CC1. The number of rotatable bonds is 5. The van der Waals surface area contributed by atoms with E-state index in [2.05, 4.69) is 0 Å². The van der Waals surface area contributed by atoms with Crippen molar-refractivity contribution in [2.45, 2.75) is 6.54 Å². The molecule has 102 valence electrons. The average Bonchev–Trinajstić information content (AvgIpc) is 3.29. The van der Waals surface area contributed by atoms with E-state index >= 15 is 0 Å². The van der Waals surface area contributed by atoms with Crippen molar-refractivity contribution in [2.24, 2.45) is 0 Å². The van der Waals surface area contributed by atoms with Crippen molar-refractivity contribution in [3.63, 3.8) is 0 Å². The molecule has 0 bridgehead atoms. The molecule has 0 saturated carbocycles. The largest absolute Gasteiger partial charge is 0.465 e. The summed E-state index contributed by atoms with van der Waals surface area (Å²) in [7, 11) is -3.07. The van der Waals surface area contributed by atoms with E-state index in [4.69, 9.17) is 0 Å². The third-order valence-electron chi connectivity index (χ3n) is 3.29. The van der Waals surface area contributed by atoms with Crippen LogP contribution < -0.4 is 0 Å². The van der Waals surface area contributed by atoms with Gasteiger partial charge in [-0.25, -0.2) is 18.8 Å². The number of hydrogen-bond donors (Lipinski definition) is 1. The highest BCUT2D eigenvalue weighted by molar-refractivity contribution is 7.57. The molecule has 2 heterocycles. The smallest absolute Gasteiger partial charge is 0.415 e. The maximum atomic E-state index is 13.1. The zero-order valence-electron chi connectivity index (χ0n) is 10.5. The topological polar surface area (TPSA) is 63.6 Å². The minimum Gasteiger partial charge on any atom is -0.465 e. The summed E-state index contributed by atoms with van der Waals surface area (Å²) in [6.07, 6.45) is -1.12. The summed E-state index contributed by atoms with van der Waals surface area (Å²) in [5, 5.41) is 9.42. The molecule has 1 aromatic carbocycles. The van der Waals surface area contributed by atoms with Gasteiger partial charge in [-0.3, -0.25) is 4.57 Å². The lowest BCUT2D eigenvalue weighted by molar-refractivity contribution is 0.167. The van der Waals surface area contributed by atoms with Gasteiger partial charge in [0.15, 0.2) is 0 Å². The van der Waals surface area contributed by atoms with E-state index in [1.165, 1.54) is 0 Å². The van der Waals surface area contributed by atoms with Crippen LogP contribution in [0.5, 0.6) is 0 Å². The van der Waals surface area contributed by atoms with Crippen LogP contribution in [-0.4, -0.2) is 51.4 Å². The molecule has 6 nitrogen and oxygen atoms in total. The summed E-state index contributed by atoms with van der Waals surface area (Å²) in [5.74, 6) is 0. The highest BCUT2D eigenvalue weighted by Crippen LogP contribution is 2.63. The van der Waals surface area contributed by atoms with Gasteiger partial charge in [-0.05, 0) is 5.56 Å². The zero-order chi connectivity index (χ0) is 13.5. The van der Waals surface area contributed by atoms with E-state index in [9.17, 15) is 14.5 Å². The van der Waals surface area contributed by atoms with Gasteiger partial charge in [0.1, 0.15) is 0 Å². The molecule has 1 amide bonds. The number of carboxylic acid groups (broad SMARTS) is 1. The first-order chi connectivity index (χ1) is 9.12. The molecule has 0 aliphatic carbocycles. The second kappa shape index (κ2) is 4.63. The summed E-state index contributed by atoms with van der Waals surface area (Å²) in [4.78, 5) is 11.5. The number of carbonyl (C=O) groups is 1. The first-order valence-electron chi connectivity index (χ1n) is 6.28. The Hall–Kier alpha value is -1.36. The van der Waals surface area contributed by atoms with Gasteiger partial charge < -0.3 is 5.11 Å². The maximum absolute atomic E-state index is 13.1. The monoisotopic (exact) mass is 281 g/mol. The molecule has 0 spiro atoms. The predicted molar refractivity (Wildman–Crippen MR) is 70.8 cm³/mol. The van der Waals surface area contributed by atoms with Gasteiger partial charge in [0.25, 0.3) is 0 Å². The minimum atomic E-state index is -3.07. The lowest BCUT2D eigenvalue weighted by atomic mass is 10.2. The number of benzene rings is 1. The van der Waals surface area contributed by atoms with Crippen molar-refractivity contribution < 1.29 is 14.5 Å². The molecule has 2 aliphatic rings. The van der Waals surface area contributed by atoms with Crippen molar-refractivity contribution in [1.29, 1.82) is 0 Å². The standard InChI is InChI=1S/C12H16N3O3P/c16-12(17)15(10-11-4-2-1-3-5-11)19(18,13-6-7-13)14-8-9-14/h1-5H,6-10H2,(H,16,17). The van der Waals surface area contributed by atoms with Crippen molar-refractivity contribution in [1.82, 2.24) is 14.0 Å². The van der Waals surface area contributed by atoms with Gasteiger partial charge in [0.2, 0.25) is 0 Å². The van der Waals surface area contributed by atoms with Crippen molar-refractivity contribution in [2.75, 3.05) is 26.2 Å². The maximum Gasteiger partial charge on any atom is 0.415 e. The number of hydrogen-bond acceptors (Lipinski definition) is 2. The molecule has 2 saturated heterocycles. The Labute approximate surface area is 111 Å². The second-order valence-corrected chi connectivity index (χ2v) is 7.39. The van der Waals surface area contributed by atoms with E-state index < -0.39 is 13.7 Å². The molecular formula is C12H16N3O3P. The van der Waals surface area contributed by atoms with Crippen LogP contribution in [-0.2, 0) is 11.1 Å². The van der Waals surface area contributed by atoms with Gasteiger partial charge in [0.05, 0.1) is 6.54 Å². The van der Waals surface area contributed by atoms with Crippen molar-refractivity contribution in [3.8, 4) is 0 Å². The van der Waals surface area contributed by atoms with Crippen molar-refractivity contribution >= 4 is 13.7 Å². The first-order valence-corrected chi connectivity index (χ1v) is 7.84. The number of amides is 1. The van der Waals surface area contributed by atoms with Crippen LogP contribution in [0.4, 0.5) is 4.79 Å². The highest BCUT2D eigenvalue weighted by atomic mass is 31.2. The van der Waals surface area contributed by atoms with Gasteiger partial charge in [-0.15, -0.1) is 0 Å². The molecule has 1 aromatic rings. The molecule has 1 N–H and O–H groups in total. The third kappa shape index (κ3) is 2.39. The van der Waals surface area contributed by atoms with Crippen LogP contribution in [0.25, 0.3) is 0 Å². The normalized spacial score (nSPS) is 19.2. The Morgan fingerprint density at radius 1 is 1.16 bits per heavy atom. The predicted octanol–water partition coefficient (Wildman–Crippen LogP) is 1.91. The van der Waals surface area contributed by atoms with Crippen LogP contribution in [0.15, 0.2) is 30.3 Å². The fraction of sp³-hybridized carbons (Fsp3) is 0.417. The first kappa shape index (κ1) is 12.7. The quantitative estimate of drug-likeness (QED) is 0.659. The molecular weight excluding hydrogens is 265 g/mol. The number of nitrogens with zero attached hydrogens (tertiary/aromatic N) is 3. The molecule has 2 fully saturated rings. The molecule has 7 heteroatoms. The van der Waals surface area contributed by atoms with Crippen LogP contribution in [0.1, 0.15) is 5.56 Å². The third-order valence-corrected chi connectivity index (χ3v) is 6.51. The van der Waals surface area contributed by atoms with Crippen molar-refractivity contribution in [3.05, 3.63) is 35.9 Å². The minimum absolute atomic E-state index is 0.167. The molecule has 0 radical (unpaired) electrons. The van der Waals surface area contributed by atoms with Gasteiger partial charge in [-0.1, -0.05) is 30.3 Å². The van der Waals surface area contributed by atoms with E-state index in [1.807, 2.05) is 30.3 Å². The fourth-order valence-electron chi connectivity index (χ4n) is 2.12. The lowest BCUT2D eigenvalue weighted by Crippen LogP contribution is -2.31. The molecule has 0 aromatic heterocycles. The van der Waals surface area contributed by atoms with Gasteiger partial charge in [-0.2, -0.15) is 0 Å². The van der Waals surface area contributed by atoms with Crippen LogP contribution in [0.3, 0.4) is 0 Å². The Bertz CT molecular complexity index is 512. The molecule has 2 aliphatic heterocycles. The Balaban J connectivity index is 1.88. The summed E-state index contributed by atoms with van der Waals surface area (Å²) >= 11 is 0. The Morgan fingerprint density at radius 3 is 2.11 bits per heavy atom. The Morgan fingerprint density at radius 2 is 1.68 bits per heavy atom. The highest BCUT2D eigenvalue weighted by Gasteiger charge is 2.53. The summed E-state index contributed by atoms with van der Waals surface area (Å²) < 4.78 is 17.7. The summed E-state index contributed by atoms with van der Waals surface area (Å²) in [5.41, 5.74) is 0.855. The zero-order valence-corrected chi connectivity index (χ0v) is 11.4. The van der Waals surface area contributed by atoms with E-state index in [-0.39, 0.29) is 6.54 Å². The lowest BCUT2D eigenvalue weighted by Gasteiger charge is -2.30. The van der Waals surface area contributed by atoms with E-state index in [0.29, 0.717) is 26.2 Å². The van der Waals surface area contributed by atoms with E-state index in [1.54, 1.807) is 9.34 Å². The second-order valence-electron chi connectivity index (χ2n) is 4.75. The molecule has 0 atom stereocenters. The van der Waals surface area contributed by atoms with Crippen LogP contribution in [0.2, 0.25) is 0 Å². The van der Waals surface area contributed by atoms with E-state index in [0.717, 1.165) is 10.2 Å². The average molecular weight is 281 g/mol. The summed E-state index contributed by atoms with van der Waals surface area (Å²) in [6.45, 7) is 3.03. The molecule has 19 heavy (non-hydrogen) atoms. The van der Waals surface area contributed by atoms with Crippen LogP contribution >= 0.6 is 7.59 Å². The van der Waals surface area contributed by atoms with Crippen LogP contribution in [0, 0.1) is 0 Å². The summed E-state index contributed by atoms with van der Waals surface area (Å²) in [6, 6.07) is 9.29.